The Balaban J connectivity index is 0.00000256. The van der Waals surface area contributed by atoms with Crippen LogP contribution in [0.4, 0.5) is 26.3 Å². The molecule has 1 aliphatic heterocycles. The highest BCUT2D eigenvalue weighted by atomic mass is 19.4. The summed E-state index contributed by atoms with van der Waals surface area (Å²) in [6.07, 6.45) is -11.6. The van der Waals surface area contributed by atoms with E-state index in [0.717, 1.165) is 0 Å². The summed E-state index contributed by atoms with van der Waals surface area (Å²) in [6.45, 7) is -1.10. The normalized spacial score (nSPS) is 19.9. The largest absolute Gasteiger partial charge is 0.440 e. The van der Waals surface area contributed by atoms with Gasteiger partial charge in [0, 0.05) is 26.2 Å². The van der Waals surface area contributed by atoms with Gasteiger partial charge < -0.3 is 15.9 Å². The Kier molecular flexibility index (Phi) is 4.79. The Bertz CT molecular complexity index is 234. The quantitative estimate of drug-likeness (QED) is 0.653. The molecular formula is C7H12F6N2O2. The van der Waals surface area contributed by atoms with Crippen LogP contribution in [0.15, 0.2) is 0 Å². The molecule has 0 aliphatic carbocycles. The highest BCUT2D eigenvalue weighted by molar-refractivity contribution is 4.95. The molecule has 1 heterocycles. The molecule has 1 aliphatic rings. The van der Waals surface area contributed by atoms with Crippen LogP contribution in [0.2, 0.25) is 0 Å². The van der Waals surface area contributed by atoms with Gasteiger partial charge in [-0.3, -0.25) is 4.90 Å². The lowest BCUT2D eigenvalue weighted by molar-refractivity contribution is -0.416. The van der Waals surface area contributed by atoms with E-state index in [4.69, 9.17) is 5.11 Å². The fourth-order valence-electron chi connectivity index (χ4n) is 1.51. The minimum Gasteiger partial charge on any atom is -0.412 e. The van der Waals surface area contributed by atoms with E-state index in [0.29, 0.717) is 0 Å². The zero-order valence-corrected chi connectivity index (χ0v) is 8.49. The predicted octanol–water partition coefficient (Wildman–Crippen LogP) is -0.120. The Morgan fingerprint density at radius 2 is 1.24 bits per heavy atom. The molecule has 0 unspecified atom stereocenters. The van der Waals surface area contributed by atoms with Gasteiger partial charge >= 0.3 is 18.1 Å². The Labute approximate surface area is 92.5 Å². The summed E-state index contributed by atoms with van der Waals surface area (Å²) < 4.78 is 74.1. The van der Waals surface area contributed by atoms with E-state index in [-0.39, 0.29) is 23.5 Å². The summed E-state index contributed by atoms with van der Waals surface area (Å²) in [7, 11) is 0. The van der Waals surface area contributed by atoms with Crippen molar-refractivity contribution >= 4 is 0 Å². The third kappa shape index (κ3) is 2.81. The maximum Gasteiger partial charge on any atom is 0.440 e. The topological polar surface area (TPSA) is 67.0 Å². The molecule has 104 valence electrons. The predicted molar refractivity (Wildman–Crippen MR) is 45.1 cm³/mol. The molecule has 0 atom stereocenters. The lowest BCUT2D eigenvalue weighted by Crippen LogP contribution is -2.70. The van der Waals surface area contributed by atoms with Gasteiger partial charge in [-0.1, -0.05) is 0 Å². The molecule has 0 aromatic heterocycles. The standard InChI is InChI=1S/C7H10F6N2O.H2O/c8-6(9,10)5(16,7(11,12)13)15-3-1-14-2-4-15;/h14,16H,1-4H2;1H2. The van der Waals surface area contributed by atoms with Crippen LogP contribution in [0.1, 0.15) is 0 Å². The number of hydrogen-bond acceptors (Lipinski definition) is 3. The summed E-state index contributed by atoms with van der Waals surface area (Å²) >= 11 is 0. The van der Waals surface area contributed by atoms with Crippen LogP contribution in [-0.4, -0.2) is 59.7 Å². The van der Waals surface area contributed by atoms with Crippen molar-refractivity contribution in [3.8, 4) is 0 Å². The SMILES string of the molecule is O.OC(N1CCNCC1)(C(F)(F)F)C(F)(F)F. The van der Waals surface area contributed by atoms with Crippen LogP contribution in [0, 0.1) is 0 Å². The Hall–Kier alpha value is -0.580. The van der Waals surface area contributed by atoms with Gasteiger partial charge in [0.2, 0.25) is 0 Å². The van der Waals surface area contributed by atoms with Crippen LogP contribution >= 0.6 is 0 Å². The average molecular weight is 270 g/mol. The second-order valence-corrected chi connectivity index (χ2v) is 3.40. The second kappa shape index (κ2) is 4.96. The van der Waals surface area contributed by atoms with Gasteiger partial charge in [0.1, 0.15) is 0 Å². The van der Waals surface area contributed by atoms with Gasteiger partial charge in [0.25, 0.3) is 0 Å². The fourth-order valence-corrected chi connectivity index (χ4v) is 1.51. The lowest BCUT2D eigenvalue weighted by atomic mass is 10.1. The first-order valence-electron chi connectivity index (χ1n) is 4.42. The van der Waals surface area contributed by atoms with E-state index in [1.54, 1.807) is 0 Å². The van der Waals surface area contributed by atoms with Crippen molar-refractivity contribution in [3.05, 3.63) is 0 Å². The molecule has 0 radical (unpaired) electrons. The van der Waals surface area contributed by atoms with Gasteiger partial charge in [-0.05, 0) is 0 Å². The van der Waals surface area contributed by atoms with Crippen molar-refractivity contribution < 1.29 is 36.9 Å². The van der Waals surface area contributed by atoms with E-state index in [2.05, 4.69) is 5.32 Å². The summed E-state index contributed by atoms with van der Waals surface area (Å²) in [5.41, 5.74) is -4.76. The second-order valence-electron chi connectivity index (χ2n) is 3.40. The molecule has 4 N–H and O–H groups in total. The number of halogens is 6. The number of alkyl halides is 6. The van der Waals surface area contributed by atoms with E-state index in [9.17, 15) is 26.3 Å². The first-order valence-corrected chi connectivity index (χ1v) is 4.42. The molecule has 0 amide bonds. The van der Waals surface area contributed by atoms with Gasteiger partial charge in [0.05, 0.1) is 0 Å². The molecule has 0 spiro atoms. The lowest BCUT2D eigenvalue weighted by Gasteiger charge is -2.43. The molecule has 0 bridgehead atoms. The van der Waals surface area contributed by atoms with Crippen molar-refractivity contribution in [3.63, 3.8) is 0 Å². The number of nitrogens with one attached hydrogen (secondary N) is 1. The van der Waals surface area contributed by atoms with E-state index in [1.807, 2.05) is 0 Å². The number of hydrogen-bond donors (Lipinski definition) is 2. The van der Waals surface area contributed by atoms with E-state index in [1.165, 1.54) is 0 Å². The van der Waals surface area contributed by atoms with Crippen LogP contribution in [-0.2, 0) is 0 Å². The van der Waals surface area contributed by atoms with Crippen LogP contribution < -0.4 is 5.32 Å². The van der Waals surface area contributed by atoms with Crippen molar-refractivity contribution in [1.29, 1.82) is 0 Å². The van der Waals surface area contributed by atoms with Gasteiger partial charge in [0.15, 0.2) is 0 Å². The maximum atomic E-state index is 12.4. The van der Waals surface area contributed by atoms with Gasteiger partial charge in [-0.25, -0.2) is 0 Å². The smallest absolute Gasteiger partial charge is 0.412 e. The van der Waals surface area contributed by atoms with E-state index < -0.39 is 31.2 Å². The maximum absolute atomic E-state index is 12.4. The molecule has 17 heavy (non-hydrogen) atoms. The van der Waals surface area contributed by atoms with Gasteiger partial charge in [-0.15, -0.1) is 0 Å². The molecule has 4 nitrogen and oxygen atoms in total. The molecule has 1 fully saturated rings. The minimum absolute atomic E-state index is 0. The fraction of sp³-hybridized carbons (Fsp3) is 1.00. The van der Waals surface area contributed by atoms with Crippen molar-refractivity contribution in [2.45, 2.75) is 18.1 Å². The third-order valence-corrected chi connectivity index (χ3v) is 2.37. The van der Waals surface area contributed by atoms with Crippen LogP contribution in [0.25, 0.3) is 0 Å². The molecule has 10 heteroatoms. The summed E-state index contributed by atoms with van der Waals surface area (Å²) in [6, 6.07) is 0. The molecule has 1 rings (SSSR count). The highest BCUT2D eigenvalue weighted by Gasteiger charge is 2.73. The first-order chi connectivity index (χ1) is 7.11. The first kappa shape index (κ1) is 16.4. The monoisotopic (exact) mass is 270 g/mol. The minimum atomic E-state index is -5.78. The zero-order chi connectivity index (χ0) is 12.6. The summed E-state index contributed by atoms with van der Waals surface area (Å²) in [5.74, 6) is 0. The highest BCUT2D eigenvalue weighted by Crippen LogP contribution is 2.45. The van der Waals surface area contributed by atoms with Crippen LogP contribution in [0.3, 0.4) is 0 Å². The summed E-state index contributed by atoms with van der Waals surface area (Å²) in [5, 5.41) is 11.6. The summed E-state index contributed by atoms with van der Waals surface area (Å²) in [4.78, 5) is -0.0104. The molecule has 1 saturated heterocycles. The van der Waals surface area contributed by atoms with Crippen molar-refractivity contribution in [2.24, 2.45) is 0 Å². The number of nitrogens with zero attached hydrogens (tertiary/aromatic N) is 1. The third-order valence-electron chi connectivity index (χ3n) is 2.37. The van der Waals surface area contributed by atoms with Crippen LogP contribution in [0.5, 0.6) is 0 Å². The van der Waals surface area contributed by atoms with Crippen molar-refractivity contribution in [1.82, 2.24) is 10.2 Å². The average Bonchev–Trinajstić information content (AvgIpc) is 2.14. The molecule has 0 saturated carbocycles. The number of piperazine rings is 1. The van der Waals surface area contributed by atoms with Crippen molar-refractivity contribution in [2.75, 3.05) is 26.2 Å². The molecule has 0 aromatic carbocycles. The van der Waals surface area contributed by atoms with Gasteiger partial charge in [-0.2, -0.15) is 26.3 Å². The Morgan fingerprint density at radius 1 is 0.882 bits per heavy atom. The Morgan fingerprint density at radius 3 is 1.53 bits per heavy atom. The zero-order valence-electron chi connectivity index (χ0n) is 8.49. The molecule has 0 aromatic rings. The number of rotatable bonds is 1. The number of aliphatic hydroxyl groups is 1. The van der Waals surface area contributed by atoms with E-state index >= 15 is 0 Å². The molecular weight excluding hydrogens is 258 g/mol.